The summed E-state index contributed by atoms with van der Waals surface area (Å²) in [5.74, 6) is 0.217. The first kappa shape index (κ1) is 12.7. The van der Waals surface area contributed by atoms with Gasteiger partial charge in [0.15, 0.2) is 0 Å². The van der Waals surface area contributed by atoms with Crippen LogP contribution in [0.1, 0.15) is 5.56 Å². The molecule has 2 N–H and O–H groups in total. The normalized spacial score (nSPS) is 11.7. The van der Waals surface area contributed by atoms with Gasteiger partial charge in [0.25, 0.3) is 10.0 Å². The van der Waals surface area contributed by atoms with E-state index in [2.05, 4.69) is 14.7 Å². The van der Waals surface area contributed by atoms with Crippen molar-refractivity contribution >= 4 is 27.0 Å². The van der Waals surface area contributed by atoms with Crippen molar-refractivity contribution in [2.45, 2.75) is 11.8 Å². The molecule has 0 spiro atoms. The molecule has 0 saturated heterocycles. The third kappa shape index (κ3) is 2.25. The lowest BCUT2D eigenvalue weighted by atomic mass is 10.2. The fourth-order valence-corrected chi connectivity index (χ4v) is 3.25. The van der Waals surface area contributed by atoms with Crippen molar-refractivity contribution in [2.24, 2.45) is 0 Å². The van der Waals surface area contributed by atoms with Gasteiger partial charge in [0.1, 0.15) is 0 Å². The van der Waals surface area contributed by atoms with Gasteiger partial charge in [-0.3, -0.25) is 0 Å². The number of anilines is 1. The molecule has 102 valence electrons. The van der Waals surface area contributed by atoms with Gasteiger partial charge in [0.05, 0.1) is 15.9 Å². The minimum Gasteiger partial charge on any atom is -0.323 e. The molecule has 6 heteroatoms. The number of nitrogens with one attached hydrogen (secondary N) is 2. The third-order valence-electron chi connectivity index (χ3n) is 3.00. The number of aromatic amines is 1. The highest BCUT2D eigenvalue weighted by Gasteiger charge is 2.17. The minimum absolute atomic E-state index is 0.217. The zero-order valence-corrected chi connectivity index (χ0v) is 11.6. The molecular weight excluding hydrogens is 274 g/mol. The predicted molar refractivity (Wildman–Crippen MR) is 78.1 cm³/mol. The quantitative estimate of drug-likeness (QED) is 0.777. The van der Waals surface area contributed by atoms with Crippen molar-refractivity contribution in [1.82, 2.24) is 9.97 Å². The summed E-state index contributed by atoms with van der Waals surface area (Å²) in [5, 5.41) is 0. The Morgan fingerprint density at radius 3 is 2.50 bits per heavy atom. The van der Waals surface area contributed by atoms with E-state index in [1.807, 2.05) is 24.3 Å². The lowest BCUT2D eigenvalue weighted by molar-refractivity contribution is 0.600. The molecule has 2 aromatic carbocycles. The molecule has 1 aromatic heterocycles. The number of benzene rings is 2. The molecule has 0 saturated carbocycles. The van der Waals surface area contributed by atoms with Crippen molar-refractivity contribution in [2.75, 3.05) is 4.72 Å². The van der Waals surface area contributed by atoms with Crippen molar-refractivity contribution in [3.05, 3.63) is 54.1 Å². The summed E-state index contributed by atoms with van der Waals surface area (Å²) in [5.41, 5.74) is 2.20. The second kappa shape index (κ2) is 4.64. The highest BCUT2D eigenvalue weighted by molar-refractivity contribution is 7.92. The van der Waals surface area contributed by atoms with Crippen LogP contribution in [-0.4, -0.2) is 18.4 Å². The number of para-hydroxylation sites is 2. The molecule has 0 radical (unpaired) electrons. The van der Waals surface area contributed by atoms with E-state index in [-0.39, 0.29) is 10.8 Å². The van der Waals surface area contributed by atoms with E-state index in [1.54, 1.807) is 31.2 Å². The number of H-pyrrole nitrogens is 1. The summed E-state index contributed by atoms with van der Waals surface area (Å²) in [6, 6.07) is 14.2. The Kier molecular flexibility index (Phi) is 2.94. The zero-order valence-electron chi connectivity index (χ0n) is 10.8. The number of imidazole rings is 1. The topological polar surface area (TPSA) is 74.8 Å². The van der Waals surface area contributed by atoms with Gasteiger partial charge in [-0.05, 0) is 30.7 Å². The number of aryl methyl sites for hydroxylation is 1. The van der Waals surface area contributed by atoms with Gasteiger partial charge in [0.2, 0.25) is 5.95 Å². The summed E-state index contributed by atoms with van der Waals surface area (Å²) in [6.07, 6.45) is 0. The van der Waals surface area contributed by atoms with Crippen LogP contribution in [0.25, 0.3) is 11.0 Å². The number of hydrogen-bond acceptors (Lipinski definition) is 3. The number of sulfonamides is 1. The molecule has 0 amide bonds. The Bertz CT molecular complexity index is 836. The Morgan fingerprint density at radius 1 is 1.05 bits per heavy atom. The van der Waals surface area contributed by atoms with Crippen LogP contribution in [0.15, 0.2) is 53.4 Å². The van der Waals surface area contributed by atoms with Crippen LogP contribution in [0.4, 0.5) is 5.95 Å². The lowest BCUT2D eigenvalue weighted by Gasteiger charge is -2.07. The molecule has 0 aliphatic carbocycles. The smallest absolute Gasteiger partial charge is 0.264 e. The molecule has 5 nitrogen and oxygen atoms in total. The van der Waals surface area contributed by atoms with E-state index in [0.717, 1.165) is 11.0 Å². The number of rotatable bonds is 3. The van der Waals surface area contributed by atoms with Crippen LogP contribution in [0, 0.1) is 6.92 Å². The van der Waals surface area contributed by atoms with Crippen LogP contribution >= 0.6 is 0 Å². The van der Waals surface area contributed by atoms with Crippen molar-refractivity contribution in [3.63, 3.8) is 0 Å². The Labute approximate surface area is 116 Å². The second-order valence-electron chi connectivity index (χ2n) is 4.47. The van der Waals surface area contributed by atoms with Gasteiger partial charge in [0, 0.05) is 0 Å². The number of aromatic nitrogens is 2. The van der Waals surface area contributed by atoms with Gasteiger partial charge in [-0.15, -0.1) is 0 Å². The molecule has 3 aromatic rings. The molecule has 0 unspecified atom stereocenters. The Morgan fingerprint density at radius 2 is 1.75 bits per heavy atom. The monoisotopic (exact) mass is 287 g/mol. The van der Waals surface area contributed by atoms with Crippen molar-refractivity contribution in [3.8, 4) is 0 Å². The van der Waals surface area contributed by atoms with E-state index in [1.165, 1.54) is 0 Å². The van der Waals surface area contributed by atoms with Gasteiger partial charge >= 0.3 is 0 Å². The Balaban J connectivity index is 1.99. The maximum atomic E-state index is 12.3. The molecule has 0 atom stereocenters. The summed E-state index contributed by atoms with van der Waals surface area (Å²) < 4.78 is 27.1. The third-order valence-corrected chi connectivity index (χ3v) is 4.50. The molecule has 1 heterocycles. The van der Waals surface area contributed by atoms with Gasteiger partial charge in [-0.1, -0.05) is 30.3 Å². The summed E-state index contributed by atoms with van der Waals surface area (Å²) in [6.45, 7) is 1.76. The largest absolute Gasteiger partial charge is 0.323 e. The van der Waals surface area contributed by atoms with Crippen molar-refractivity contribution in [1.29, 1.82) is 0 Å². The fourth-order valence-electron chi connectivity index (χ4n) is 2.04. The van der Waals surface area contributed by atoms with E-state index in [0.29, 0.717) is 5.56 Å². The Hall–Kier alpha value is -2.34. The van der Waals surface area contributed by atoms with Crippen molar-refractivity contribution < 1.29 is 8.42 Å². The summed E-state index contributed by atoms with van der Waals surface area (Å²) in [4.78, 5) is 7.40. The maximum absolute atomic E-state index is 12.3. The molecule has 3 rings (SSSR count). The highest BCUT2D eigenvalue weighted by atomic mass is 32.2. The van der Waals surface area contributed by atoms with Crippen LogP contribution < -0.4 is 4.72 Å². The van der Waals surface area contributed by atoms with E-state index < -0.39 is 10.0 Å². The molecule has 0 aliphatic rings. The fraction of sp³-hybridized carbons (Fsp3) is 0.0714. The van der Waals surface area contributed by atoms with Crippen LogP contribution in [0.3, 0.4) is 0 Å². The first-order chi connectivity index (χ1) is 9.56. The standard InChI is InChI=1S/C14H13N3O2S/c1-10-6-2-5-9-13(10)20(18,19)17-14-15-11-7-3-4-8-12(11)16-14/h2-9H,1H3,(H2,15,16,17). The summed E-state index contributed by atoms with van der Waals surface area (Å²) >= 11 is 0. The SMILES string of the molecule is Cc1ccccc1S(=O)(=O)Nc1nc2ccccc2[nH]1. The highest BCUT2D eigenvalue weighted by Crippen LogP contribution is 2.19. The predicted octanol–water partition coefficient (Wildman–Crippen LogP) is 2.67. The lowest BCUT2D eigenvalue weighted by Crippen LogP contribution is -2.15. The number of hydrogen-bond donors (Lipinski definition) is 2. The average molecular weight is 287 g/mol. The molecule has 0 fully saturated rings. The van der Waals surface area contributed by atoms with E-state index in [9.17, 15) is 8.42 Å². The minimum atomic E-state index is -3.64. The number of nitrogens with zero attached hydrogens (tertiary/aromatic N) is 1. The van der Waals surface area contributed by atoms with E-state index >= 15 is 0 Å². The molecule has 0 bridgehead atoms. The van der Waals surface area contributed by atoms with Crippen LogP contribution in [-0.2, 0) is 10.0 Å². The molecule has 0 aliphatic heterocycles. The zero-order chi connectivity index (χ0) is 14.2. The van der Waals surface area contributed by atoms with E-state index in [4.69, 9.17) is 0 Å². The first-order valence-corrected chi connectivity index (χ1v) is 7.58. The summed E-state index contributed by atoms with van der Waals surface area (Å²) in [7, 11) is -3.64. The molecular formula is C14H13N3O2S. The van der Waals surface area contributed by atoms with Gasteiger partial charge < -0.3 is 4.98 Å². The number of fused-ring (bicyclic) bond motifs is 1. The van der Waals surface area contributed by atoms with Crippen LogP contribution in [0.2, 0.25) is 0 Å². The first-order valence-electron chi connectivity index (χ1n) is 6.09. The van der Waals surface area contributed by atoms with Crippen LogP contribution in [0.5, 0.6) is 0 Å². The van der Waals surface area contributed by atoms with Gasteiger partial charge in [-0.2, -0.15) is 0 Å². The molecule has 20 heavy (non-hydrogen) atoms. The maximum Gasteiger partial charge on any atom is 0.264 e. The average Bonchev–Trinajstić information content (AvgIpc) is 2.80. The van der Waals surface area contributed by atoms with Gasteiger partial charge in [-0.25, -0.2) is 18.1 Å². The second-order valence-corrected chi connectivity index (χ2v) is 6.12.